The first-order valence-corrected chi connectivity index (χ1v) is 11.6. The molecule has 31 heavy (non-hydrogen) atoms. The van der Waals surface area contributed by atoms with Crippen molar-refractivity contribution >= 4 is 33.4 Å². The maximum Gasteiger partial charge on any atom is 0.266 e. The second-order valence-corrected chi connectivity index (χ2v) is 9.32. The number of nitrogens with one attached hydrogen (secondary N) is 1. The fraction of sp³-hybridized carbons (Fsp3) is 0.579. The highest BCUT2D eigenvalue weighted by atomic mass is 35.5. The second-order valence-electron chi connectivity index (χ2n) is 7.01. The number of hydrogen-bond donors (Lipinski definition) is 1. The molecule has 1 aliphatic rings. The van der Waals surface area contributed by atoms with Gasteiger partial charge in [0.05, 0.1) is 18.7 Å². The number of halogens is 1. The fourth-order valence-electron chi connectivity index (χ4n) is 3.07. The molecule has 0 saturated carbocycles. The molecule has 1 heterocycles. The molecule has 0 spiro atoms. The Balaban J connectivity index is 1.96. The Labute approximate surface area is 188 Å². The third-order valence-corrected chi connectivity index (χ3v) is 7.09. The van der Waals surface area contributed by atoms with Crippen molar-refractivity contribution in [2.24, 2.45) is 0 Å². The minimum atomic E-state index is -3.99. The number of hydroxylamine groups is 1. The van der Waals surface area contributed by atoms with Crippen LogP contribution in [0.15, 0.2) is 23.1 Å². The van der Waals surface area contributed by atoms with Gasteiger partial charge in [-0.1, -0.05) is 16.1 Å². The molecule has 1 N–H and O–H groups in total. The summed E-state index contributed by atoms with van der Waals surface area (Å²) in [5, 5.41) is 2.84. The van der Waals surface area contributed by atoms with E-state index in [9.17, 15) is 18.0 Å². The van der Waals surface area contributed by atoms with E-state index in [4.69, 9.17) is 21.2 Å². The van der Waals surface area contributed by atoms with Gasteiger partial charge < -0.3 is 15.0 Å². The summed E-state index contributed by atoms with van der Waals surface area (Å²) < 4.78 is 30.7. The lowest BCUT2D eigenvalue weighted by atomic mass is 10.2. The highest BCUT2D eigenvalue weighted by Gasteiger charge is 2.28. The average molecular weight is 477 g/mol. The van der Waals surface area contributed by atoms with Gasteiger partial charge in [-0.15, -0.1) is 0 Å². The maximum atomic E-state index is 12.9. The Kier molecular flexibility index (Phi) is 9.66. The van der Waals surface area contributed by atoms with Crippen LogP contribution in [0.5, 0.6) is 0 Å². The number of ether oxygens (including phenoxy) is 1. The number of carbonyl (C=O) groups is 2. The number of hydrogen-bond acceptors (Lipinski definition) is 7. The molecule has 1 aromatic carbocycles. The smallest absolute Gasteiger partial charge is 0.266 e. The molecule has 174 valence electrons. The van der Waals surface area contributed by atoms with Gasteiger partial charge in [0.1, 0.15) is 4.90 Å². The van der Waals surface area contributed by atoms with Gasteiger partial charge in [-0.2, -0.15) is 0 Å². The Hall–Kier alpha value is -1.76. The molecule has 2 rings (SSSR count). The molecule has 12 heteroatoms. The molecule has 1 aromatic rings. The molecule has 1 aliphatic heterocycles. The van der Waals surface area contributed by atoms with Crippen LogP contribution in [0, 0.1) is 0 Å². The van der Waals surface area contributed by atoms with Crippen molar-refractivity contribution in [2.75, 3.05) is 67.1 Å². The van der Waals surface area contributed by atoms with E-state index in [1.807, 2.05) is 4.90 Å². The molecule has 0 radical (unpaired) electrons. The Morgan fingerprint density at radius 3 is 2.48 bits per heavy atom. The third kappa shape index (κ3) is 6.86. The number of methoxy groups -OCH3 is 1. The zero-order chi connectivity index (χ0) is 23.0. The van der Waals surface area contributed by atoms with Crippen LogP contribution in [-0.4, -0.2) is 102 Å². The molecule has 0 aliphatic carbocycles. The van der Waals surface area contributed by atoms with Crippen molar-refractivity contribution < 1.29 is 27.6 Å². The van der Waals surface area contributed by atoms with Gasteiger partial charge in [0, 0.05) is 59.1 Å². The number of rotatable bonds is 10. The lowest BCUT2D eigenvalue weighted by molar-refractivity contribution is -0.122. The van der Waals surface area contributed by atoms with Crippen molar-refractivity contribution in [3.8, 4) is 0 Å². The molecule has 2 amide bonds. The van der Waals surface area contributed by atoms with Gasteiger partial charge in [0.2, 0.25) is 5.91 Å². The predicted octanol–water partition coefficient (Wildman–Crippen LogP) is 0.432. The zero-order valence-electron chi connectivity index (χ0n) is 18.0. The van der Waals surface area contributed by atoms with Gasteiger partial charge in [0.15, 0.2) is 0 Å². The quantitative estimate of drug-likeness (QED) is 0.385. The van der Waals surface area contributed by atoms with Crippen LogP contribution in [0.1, 0.15) is 16.8 Å². The van der Waals surface area contributed by atoms with Crippen LogP contribution < -0.4 is 5.32 Å². The van der Waals surface area contributed by atoms with Crippen LogP contribution in [0.2, 0.25) is 5.02 Å². The summed E-state index contributed by atoms with van der Waals surface area (Å²) in [6.45, 7) is 3.37. The summed E-state index contributed by atoms with van der Waals surface area (Å²) >= 11 is 6.06. The average Bonchev–Trinajstić information content (AvgIpc) is 2.76. The predicted molar refractivity (Wildman–Crippen MR) is 115 cm³/mol. The van der Waals surface area contributed by atoms with E-state index in [0.717, 1.165) is 6.42 Å². The van der Waals surface area contributed by atoms with Crippen molar-refractivity contribution in [1.29, 1.82) is 0 Å². The first-order chi connectivity index (χ1) is 14.7. The summed E-state index contributed by atoms with van der Waals surface area (Å²) in [5.41, 5.74) is 0.219. The van der Waals surface area contributed by atoms with Crippen molar-refractivity contribution in [3.63, 3.8) is 0 Å². The number of amides is 2. The van der Waals surface area contributed by atoms with Crippen LogP contribution in [0.4, 0.5) is 0 Å². The molecular weight excluding hydrogens is 448 g/mol. The summed E-state index contributed by atoms with van der Waals surface area (Å²) in [5.74, 6) is -0.359. The number of sulfonamides is 1. The largest absolute Gasteiger partial charge is 0.385 e. The zero-order valence-corrected chi connectivity index (χ0v) is 19.5. The lowest BCUT2D eigenvalue weighted by Gasteiger charge is -2.34. The van der Waals surface area contributed by atoms with Crippen LogP contribution >= 0.6 is 11.6 Å². The van der Waals surface area contributed by atoms with E-state index >= 15 is 0 Å². The lowest BCUT2D eigenvalue weighted by Crippen LogP contribution is -2.51. The van der Waals surface area contributed by atoms with E-state index < -0.39 is 10.0 Å². The highest BCUT2D eigenvalue weighted by Crippen LogP contribution is 2.26. The number of nitrogens with zero attached hydrogens (tertiary/aromatic N) is 3. The second kappa shape index (κ2) is 11.7. The Morgan fingerprint density at radius 1 is 1.19 bits per heavy atom. The van der Waals surface area contributed by atoms with E-state index in [1.54, 1.807) is 12.0 Å². The van der Waals surface area contributed by atoms with Gasteiger partial charge >= 0.3 is 0 Å². The molecule has 0 atom stereocenters. The third-order valence-electron chi connectivity index (χ3n) is 4.93. The van der Waals surface area contributed by atoms with Crippen molar-refractivity contribution in [1.82, 2.24) is 19.6 Å². The van der Waals surface area contributed by atoms with Gasteiger partial charge in [0.25, 0.3) is 15.9 Å². The fourth-order valence-corrected chi connectivity index (χ4v) is 4.54. The first-order valence-electron chi connectivity index (χ1n) is 9.80. The summed E-state index contributed by atoms with van der Waals surface area (Å²) in [6.07, 6.45) is 0.753. The number of piperazine rings is 1. The van der Waals surface area contributed by atoms with E-state index in [2.05, 4.69) is 5.32 Å². The molecule has 0 aromatic heterocycles. The number of benzene rings is 1. The minimum Gasteiger partial charge on any atom is -0.385 e. The Bertz CT molecular complexity index is 874. The van der Waals surface area contributed by atoms with E-state index in [1.165, 1.54) is 32.4 Å². The molecule has 10 nitrogen and oxygen atoms in total. The van der Waals surface area contributed by atoms with E-state index in [-0.39, 0.29) is 33.8 Å². The standard InChI is InChI=1S/C19H29ClN4O6S/c1-22(30-3)31(27,28)17-13-15(5-6-16(17)20)19(26)24-10-8-23(9-11-24)14-18(25)21-7-4-12-29-2/h5-6,13H,4,7-12,14H2,1-3H3,(H,21,25). The topological polar surface area (TPSA) is 108 Å². The van der Waals surface area contributed by atoms with Crippen LogP contribution in [0.3, 0.4) is 0 Å². The molecule has 0 unspecified atom stereocenters. The maximum absolute atomic E-state index is 12.9. The molecule has 1 fully saturated rings. The minimum absolute atomic E-state index is 0.00165. The molecular formula is C19H29ClN4O6S. The summed E-state index contributed by atoms with van der Waals surface area (Å²) in [4.78, 5) is 33.1. The van der Waals surface area contributed by atoms with E-state index in [0.29, 0.717) is 43.8 Å². The van der Waals surface area contributed by atoms with Gasteiger partial charge in [-0.3, -0.25) is 19.3 Å². The SMILES string of the molecule is COCCCNC(=O)CN1CCN(C(=O)c2ccc(Cl)c(S(=O)(=O)N(C)OC)c2)CC1. The monoisotopic (exact) mass is 476 g/mol. The van der Waals surface area contributed by atoms with Gasteiger partial charge in [-0.05, 0) is 24.6 Å². The number of carbonyl (C=O) groups excluding carboxylic acids is 2. The highest BCUT2D eigenvalue weighted by molar-refractivity contribution is 7.89. The normalized spacial score (nSPS) is 15.3. The summed E-state index contributed by atoms with van der Waals surface area (Å²) in [7, 11) is 0.0884. The Morgan fingerprint density at radius 2 is 1.87 bits per heavy atom. The summed E-state index contributed by atoms with van der Waals surface area (Å²) in [6, 6.07) is 4.14. The van der Waals surface area contributed by atoms with Crippen LogP contribution in [-0.2, 0) is 24.4 Å². The van der Waals surface area contributed by atoms with Gasteiger partial charge in [-0.25, -0.2) is 8.42 Å². The van der Waals surface area contributed by atoms with Crippen LogP contribution in [0.25, 0.3) is 0 Å². The first kappa shape index (κ1) is 25.5. The molecule has 0 bridgehead atoms. The molecule has 1 saturated heterocycles. The van der Waals surface area contributed by atoms with Crippen molar-refractivity contribution in [3.05, 3.63) is 28.8 Å². The van der Waals surface area contributed by atoms with Crippen molar-refractivity contribution in [2.45, 2.75) is 11.3 Å².